The number of carbonyl (C=O) groups excluding carboxylic acids is 1. The van der Waals surface area contributed by atoms with E-state index in [-0.39, 0.29) is 18.7 Å². The van der Waals surface area contributed by atoms with Gasteiger partial charge in [0.05, 0.1) is 17.7 Å². The molecule has 0 radical (unpaired) electrons. The molecule has 7 heteroatoms. The smallest absolute Gasteiger partial charge is 0.317 e. The number of nitrogens with zero attached hydrogens (tertiary/aromatic N) is 2. The van der Waals surface area contributed by atoms with Crippen LogP contribution in [0, 0.1) is 0 Å². The Morgan fingerprint density at radius 1 is 1.48 bits per heavy atom. The van der Waals surface area contributed by atoms with Crippen LogP contribution in [-0.2, 0) is 4.74 Å². The van der Waals surface area contributed by atoms with Crippen molar-refractivity contribution in [2.75, 3.05) is 40.9 Å². The maximum absolute atomic E-state index is 12.7. The van der Waals surface area contributed by atoms with Crippen molar-refractivity contribution in [2.24, 2.45) is 0 Å². The molecule has 1 fully saturated rings. The van der Waals surface area contributed by atoms with E-state index in [9.17, 15) is 4.79 Å². The van der Waals surface area contributed by atoms with E-state index in [1.807, 2.05) is 7.05 Å². The largest absolute Gasteiger partial charge is 0.382 e. The Morgan fingerprint density at radius 3 is 2.80 bits per heavy atom. The number of likely N-dealkylation sites (tertiary alicyclic amines) is 1. The lowest BCUT2D eigenvalue weighted by molar-refractivity contribution is 0.158. The lowest BCUT2D eigenvalue weighted by atomic mass is 10.1. The van der Waals surface area contributed by atoms with Crippen molar-refractivity contribution in [3.05, 3.63) is 34.9 Å². The average Bonchev–Trinajstić information content (AvgIpc) is 2.82. The van der Waals surface area contributed by atoms with Gasteiger partial charge in [0, 0.05) is 25.7 Å². The molecule has 25 heavy (non-hydrogen) atoms. The minimum absolute atomic E-state index is 0.148. The molecule has 0 aliphatic carbocycles. The molecule has 2 amide bonds. The fourth-order valence-electron chi connectivity index (χ4n) is 2.95. The topological polar surface area (TPSA) is 44.8 Å². The Hall–Kier alpha value is -1.01. The maximum atomic E-state index is 12.7. The summed E-state index contributed by atoms with van der Waals surface area (Å²) in [5, 5.41) is 3.34. The van der Waals surface area contributed by atoms with E-state index < -0.39 is 6.04 Å². The molecule has 1 saturated heterocycles. The number of nitrogens with one attached hydrogen (secondary N) is 1. The van der Waals surface area contributed by atoms with Crippen LogP contribution in [0.3, 0.4) is 0 Å². The van der Waals surface area contributed by atoms with E-state index in [1.54, 1.807) is 24.2 Å². The molecule has 2 unspecified atom stereocenters. The molecule has 0 aromatic rings. The first-order valence-corrected chi connectivity index (χ1v) is 9.25. The number of halogens is 2. The van der Waals surface area contributed by atoms with Crippen molar-refractivity contribution >= 4 is 29.2 Å². The van der Waals surface area contributed by atoms with Gasteiger partial charge in [0.15, 0.2) is 0 Å². The van der Waals surface area contributed by atoms with Crippen LogP contribution in [0.5, 0.6) is 0 Å². The van der Waals surface area contributed by atoms with Crippen LogP contribution in [-0.4, -0.2) is 68.8 Å². The van der Waals surface area contributed by atoms with Crippen LogP contribution in [0.4, 0.5) is 4.79 Å². The summed E-state index contributed by atoms with van der Waals surface area (Å²) in [7, 11) is 5.53. The number of carbonyl (C=O) groups is 1. The van der Waals surface area contributed by atoms with Gasteiger partial charge in [-0.05, 0) is 45.0 Å². The highest BCUT2D eigenvalue weighted by Gasteiger charge is 2.26. The Kier molecular flexibility index (Phi) is 10.2. The summed E-state index contributed by atoms with van der Waals surface area (Å²) < 4.78 is 5.24. The lowest BCUT2D eigenvalue weighted by Gasteiger charge is -2.30. The molecule has 1 aliphatic rings. The summed E-state index contributed by atoms with van der Waals surface area (Å²) in [5.41, 5.74) is 1.94. The predicted octanol–water partition coefficient (Wildman–Crippen LogP) is 3.56. The maximum Gasteiger partial charge on any atom is 0.317 e. The quantitative estimate of drug-likeness (QED) is 0.676. The van der Waals surface area contributed by atoms with Gasteiger partial charge in [-0.25, -0.2) is 4.79 Å². The van der Waals surface area contributed by atoms with Gasteiger partial charge in [0.1, 0.15) is 0 Å². The second-order valence-corrected chi connectivity index (χ2v) is 6.90. The summed E-state index contributed by atoms with van der Waals surface area (Å²) in [6.07, 6.45) is 6.39. The van der Waals surface area contributed by atoms with E-state index in [4.69, 9.17) is 27.9 Å². The number of methoxy groups -OCH3 is 1. The molecule has 0 bridgehead atoms. The lowest BCUT2D eigenvalue weighted by Crippen LogP contribution is -2.49. The van der Waals surface area contributed by atoms with E-state index in [0.29, 0.717) is 10.6 Å². The fourth-order valence-corrected chi connectivity index (χ4v) is 3.28. The number of rotatable bonds is 7. The normalized spacial score (nSPS) is 21.4. The minimum atomic E-state index is -0.408. The highest BCUT2D eigenvalue weighted by molar-refractivity contribution is 6.38. The Morgan fingerprint density at radius 2 is 2.20 bits per heavy atom. The third kappa shape index (κ3) is 7.02. The fraction of sp³-hybridized carbons (Fsp3) is 0.611. The molecule has 1 heterocycles. The van der Waals surface area contributed by atoms with Gasteiger partial charge in [-0.3, -0.25) is 0 Å². The van der Waals surface area contributed by atoms with Crippen LogP contribution in [0.2, 0.25) is 0 Å². The summed E-state index contributed by atoms with van der Waals surface area (Å²) in [6, 6.07) is -0.335. The predicted molar refractivity (Wildman–Crippen MR) is 105 cm³/mol. The molecular weight excluding hydrogens is 361 g/mol. The van der Waals surface area contributed by atoms with E-state index >= 15 is 0 Å². The van der Waals surface area contributed by atoms with E-state index in [2.05, 4.69) is 23.8 Å². The third-order valence-corrected chi connectivity index (χ3v) is 5.12. The van der Waals surface area contributed by atoms with Crippen LogP contribution in [0.15, 0.2) is 34.9 Å². The van der Waals surface area contributed by atoms with Crippen molar-refractivity contribution in [2.45, 2.75) is 31.3 Å². The van der Waals surface area contributed by atoms with Gasteiger partial charge in [-0.1, -0.05) is 41.9 Å². The molecule has 1 N–H and O–H groups in total. The zero-order chi connectivity index (χ0) is 18.8. The molecular formula is C18H29Cl2N3O2. The zero-order valence-corrected chi connectivity index (χ0v) is 16.8. The molecule has 1 aliphatic heterocycles. The Balaban J connectivity index is 2.83. The third-order valence-electron chi connectivity index (χ3n) is 4.46. The summed E-state index contributed by atoms with van der Waals surface area (Å²) in [5.74, 6) is 0. The minimum Gasteiger partial charge on any atom is -0.382 e. The van der Waals surface area contributed by atoms with Crippen LogP contribution in [0.1, 0.15) is 19.3 Å². The van der Waals surface area contributed by atoms with Crippen molar-refractivity contribution in [1.82, 2.24) is 15.1 Å². The highest BCUT2D eigenvalue weighted by atomic mass is 35.5. The van der Waals surface area contributed by atoms with E-state index in [1.165, 1.54) is 5.54 Å². The van der Waals surface area contributed by atoms with E-state index in [0.717, 1.165) is 32.4 Å². The van der Waals surface area contributed by atoms with Gasteiger partial charge in [-0.15, -0.1) is 0 Å². The number of amides is 2. The van der Waals surface area contributed by atoms with Gasteiger partial charge < -0.3 is 19.9 Å². The Labute approximate surface area is 161 Å². The second kappa shape index (κ2) is 11.6. The molecule has 0 aromatic heterocycles. The highest BCUT2D eigenvalue weighted by Crippen LogP contribution is 2.21. The molecule has 2 atom stereocenters. The average molecular weight is 390 g/mol. The molecule has 0 aromatic carbocycles. The van der Waals surface area contributed by atoms with Crippen molar-refractivity contribution in [3.8, 4) is 0 Å². The van der Waals surface area contributed by atoms with Crippen LogP contribution < -0.4 is 5.32 Å². The monoisotopic (exact) mass is 389 g/mol. The van der Waals surface area contributed by atoms with Gasteiger partial charge in [0.2, 0.25) is 0 Å². The number of urea groups is 1. The van der Waals surface area contributed by atoms with Crippen molar-refractivity contribution in [3.63, 3.8) is 0 Å². The number of allylic oxidation sites excluding steroid dienone is 2. The number of hydrogen-bond acceptors (Lipinski definition) is 3. The molecule has 1 rings (SSSR count). The SMILES string of the molecule is C=C/C=C(\C(Cl)=C\Cl)C(COC)NC(=O)N(C)C1CCCN(C)CC1. The standard InChI is InChI=1S/C18H29Cl2N3O2/c1-5-7-15(16(20)12-19)17(13-25-4)21-18(24)23(3)14-8-6-10-22(2)11-9-14/h5,7,12,14,17H,1,6,8-11,13H2,2-4H3,(H,21,24)/b15-7+,16-12-. The van der Waals surface area contributed by atoms with Crippen LogP contribution >= 0.6 is 23.2 Å². The summed E-state index contributed by atoms with van der Waals surface area (Å²) in [6.45, 7) is 6.04. The van der Waals surface area contributed by atoms with Crippen molar-refractivity contribution < 1.29 is 9.53 Å². The number of ether oxygens (including phenoxy) is 1. The first-order valence-electron chi connectivity index (χ1n) is 8.44. The van der Waals surface area contributed by atoms with Gasteiger partial charge in [-0.2, -0.15) is 0 Å². The number of hydrogen-bond donors (Lipinski definition) is 1. The zero-order valence-electron chi connectivity index (χ0n) is 15.3. The first-order chi connectivity index (χ1) is 11.9. The first kappa shape index (κ1) is 22.0. The van der Waals surface area contributed by atoms with Gasteiger partial charge >= 0.3 is 6.03 Å². The molecule has 0 saturated carbocycles. The Bertz CT molecular complexity index is 509. The van der Waals surface area contributed by atoms with Crippen molar-refractivity contribution in [1.29, 1.82) is 0 Å². The molecule has 0 spiro atoms. The second-order valence-electron chi connectivity index (χ2n) is 6.27. The van der Waals surface area contributed by atoms with Gasteiger partial charge in [0.25, 0.3) is 0 Å². The molecule has 5 nitrogen and oxygen atoms in total. The summed E-state index contributed by atoms with van der Waals surface area (Å²) in [4.78, 5) is 16.8. The summed E-state index contributed by atoms with van der Waals surface area (Å²) >= 11 is 11.9. The molecule has 142 valence electrons. The van der Waals surface area contributed by atoms with Crippen LogP contribution in [0.25, 0.3) is 0 Å².